The van der Waals surface area contributed by atoms with Crippen LogP contribution in [0.4, 0.5) is 0 Å². The fourth-order valence-corrected chi connectivity index (χ4v) is 1.63. The number of nitrogens with zero attached hydrogens (tertiary/aromatic N) is 2. The van der Waals surface area contributed by atoms with Crippen molar-refractivity contribution in [1.29, 1.82) is 0 Å². The highest BCUT2D eigenvalue weighted by Gasteiger charge is 2.15. The third-order valence-electron chi connectivity index (χ3n) is 2.69. The summed E-state index contributed by atoms with van der Waals surface area (Å²) in [6.45, 7) is 6.82. The third kappa shape index (κ3) is 3.08. The molecule has 0 aromatic carbocycles. The maximum Gasteiger partial charge on any atom is 0.242 e. The molecule has 1 heterocycles. The van der Waals surface area contributed by atoms with E-state index in [2.05, 4.69) is 17.2 Å². The van der Waals surface area contributed by atoms with Crippen LogP contribution in [0.25, 0.3) is 0 Å². The molecule has 0 saturated carbocycles. The highest BCUT2D eigenvalue weighted by Crippen LogP contribution is 2.09. The Morgan fingerprint density at radius 1 is 1.56 bits per heavy atom. The normalized spacial score (nSPS) is 12.4. The standard InChI is InChI=1S/C12H21N3O/c1-4-6-7-14-12(16)10(3)15-9-8-13-11(15)5-2/h8-10H,4-7H2,1-3H3,(H,14,16). The number of aromatic nitrogens is 2. The smallest absolute Gasteiger partial charge is 0.242 e. The lowest BCUT2D eigenvalue weighted by molar-refractivity contribution is -0.123. The number of carbonyl (C=O) groups excluding carboxylic acids is 1. The molecule has 4 heteroatoms. The van der Waals surface area contributed by atoms with Crippen molar-refractivity contribution in [1.82, 2.24) is 14.9 Å². The van der Waals surface area contributed by atoms with Crippen LogP contribution in [0.3, 0.4) is 0 Å². The zero-order valence-electron chi connectivity index (χ0n) is 10.4. The highest BCUT2D eigenvalue weighted by atomic mass is 16.2. The van der Waals surface area contributed by atoms with Crippen LogP contribution in [0.2, 0.25) is 0 Å². The van der Waals surface area contributed by atoms with Crippen LogP contribution < -0.4 is 5.32 Å². The zero-order valence-corrected chi connectivity index (χ0v) is 10.4. The summed E-state index contributed by atoms with van der Waals surface area (Å²) in [5, 5.41) is 2.94. The number of amides is 1. The lowest BCUT2D eigenvalue weighted by Gasteiger charge is -2.15. The van der Waals surface area contributed by atoms with Crippen molar-refractivity contribution < 1.29 is 4.79 Å². The lowest BCUT2D eigenvalue weighted by atomic mass is 10.2. The number of carbonyl (C=O) groups is 1. The van der Waals surface area contributed by atoms with E-state index in [1.807, 2.05) is 24.6 Å². The van der Waals surface area contributed by atoms with E-state index < -0.39 is 0 Å². The van der Waals surface area contributed by atoms with E-state index in [1.54, 1.807) is 6.20 Å². The number of aryl methyl sites for hydroxylation is 1. The van der Waals surface area contributed by atoms with Gasteiger partial charge in [0.05, 0.1) is 0 Å². The van der Waals surface area contributed by atoms with Gasteiger partial charge in [-0.2, -0.15) is 0 Å². The molecule has 0 aliphatic heterocycles. The molecule has 16 heavy (non-hydrogen) atoms. The van der Waals surface area contributed by atoms with E-state index in [4.69, 9.17) is 0 Å². The van der Waals surface area contributed by atoms with E-state index in [0.717, 1.165) is 31.6 Å². The molecule has 1 rings (SSSR count). The van der Waals surface area contributed by atoms with Crippen LogP contribution in [0, 0.1) is 0 Å². The average Bonchev–Trinajstić information content (AvgIpc) is 2.76. The van der Waals surface area contributed by atoms with E-state index in [9.17, 15) is 4.79 Å². The van der Waals surface area contributed by atoms with Crippen molar-refractivity contribution in [3.63, 3.8) is 0 Å². The molecule has 4 nitrogen and oxygen atoms in total. The predicted octanol–water partition coefficient (Wildman–Crippen LogP) is 1.92. The van der Waals surface area contributed by atoms with Crippen molar-refractivity contribution in [2.24, 2.45) is 0 Å². The summed E-state index contributed by atoms with van der Waals surface area (Å²) in [5.41, 5.74) is 0. The number of imidazole rings is 1. The molecule has 1 amide bonds. The van der Waals surface area contributed by atoms with Crippen LogP contribution >= 0.6 is 0 Å². The minimum absolute atomic E-state index is 0.0705. The molecule has 0 radical (unpaired) electrons. The van der Waals surface area contributed by atoms with E-state index in [1.165, 1.54) is 0 Å². The van der Waals surface area contributed by atoms with Crippen molar-refractivity contribution in [3.8, 4) is 0 Å². The molecule has 0 saturated heterocycles. The molecule has 1 aromatic heterocycles. The average molecular weight is 223 g/mol. The fourth-order valence-electron chi connectivity index (χ4n) is 1.63. The highest BCUT2D eigenvalue weighted by molar-refractivity contribution is 5.79. The number of hydrogen-bond acceptors (Lipinski definition) is 2. The molecule has 0 aliphatic carbocycles. The molecule has 1 aromatic rings. The van der Waals surface area contributed by atoms with Gasteiger partial charge in [0.25, 0.3) is 0 Å². The molecule has 0 aliphatic rings. The second-order valence-electron chi connectivity index (χ2n) is 3.92. The molecule has 1 N–H and O–H groups in total. The van der Waals surface area contributed by atoms with Crippen LogP contribution in [0.15, 0.2) is 12.4 Å². The Hall–Kier alpha value is -1.32. The second kappa shape index (κ2) is 6.30. The van der Waals surface area contributed by atoms with E-state index >= 15 is 0 Å². The van der Waals surface area contributed by atoms with E-state index in [-0.39, 0.29) is 11.9 Å². The van der Waals surface area contributed by atoms with Crippen molar-refractivity contribution >= 4 is 5.91 Å². The third-order valence-corrected chi connectivity index (χ3v) is 2.69. The van der Waals surface area contributed by atoms with Crippen molar-refractivity contribution in [3.05, 3.63) is 18.2 Å². The minimum Gasteiger partial charge on any atom is -0.354 e. The molecule has 90 valence electrons. The van der Waals surface area contributed by atoms with Gasteiger partial charge in [0.15, 0.2) is 0 Å². The van der Waals surface area contributed by atoms with Gasteiger partial charge in [0.2, 0.25) is 5.91 Å². The first-order valence-electron chi connectivity index (χ1n) is 6.00. The number of unbranched alkanes of at least 4 members (excludes halogenated alkanes) is 1. The van der Waals surface area contributed by atoms with Crippen molar-refractivity contribution in [2.45, 2.75) is 46.1 Å². The number of hydrogen-bond donors (Lipinski definition) is 1. The van der Waals surface area contributed by atoms with Gasteiger partial charge in [0.1, 0.15) is 11.9 Å². The van der Waals surface area contributed by atoms with Crippen LogP contribution in [0.1, 0.15) is 45.5 Å². The summed E-state index contributed by atoms with van der Waals surface area (Å²) < 4.78 is 1.93. The Labute approximate surface area is 97.1 Å². The van der Waals surface area contributed by atoms with Gasteiger partial charge in [-0.1, -0.05) is 20.3 Å². The van der Waals surface area contributed by atoms with Gasteiger partial charge >= 0.3 is 0 Å². The summed E-state index contributed by atoms with van der Waals surface area (Å²) in [7, 11) is 0. The van der Waals surface area contributed by atoms with Gasteiger partial charge in [0, 0.05) is 25.4 Å². The zero-order chi connectivity index (χ0) is 12.0. The van der Waals surface area contributed by atoms with Gasteiger partial charge in [-0.3, -0.25) is 4.79 Å². The summed E-state index contributed by atoms with van der Waals surface area (Å²) in [6.07, 6.45) is 6.58. The van der Waals surface area contributed by atoms with Crippen LogP contribution in [0.5, 0.6) is 0 Å². The molecule has 1 atom stereocenters. The maximum atomic E-state index is 11.8. The first kappa shape index (κ1) is 12.7. The van der Waals surface area contributed by atoms with Gasteiger partial charge in [-0.15, -0.1) is 0 Å². The summed E-state index contributed by atoms with van der Waals surface area (Å²) in [5.74, 6) is 1.03. The Morgan fingerprint density at radius 2 is 2.31 bits per heavy atom. The quantitative estimate of drug-likeness (QED) is 0.749. The first-order chi connectivity index (χ1) is 7.70. The predicted molar refractivity (Wildman–Crippen MR) is 64.2 cm³/mol. The molecule has 1 unspecified atom stereocenters. The first-order valence-corrected chi connectivity index (χ1v) is 6.00. The molecule has 0 spiro atoms. The number of rotatable bonds is 6. The monoisotopic (exact) mass is 223 g/mol. The Kier molecular flexibility index (Phi) is 5.02. The van der Waals surface area contributed by atoms with Crippen molar-refractivity contribution in [2.75, 3.05) is 6.54 Å². The topological polar surface area (TPSA) is 46.9 Å². The van der Waals surface area contributed by atoms with Gasteiger partial charge in [-0.05, 0) is 13.3 Å². The summed E-state index contributed by atoms with van der Waals surface area (Å²) >= 11 is 0. The largest absolute Gasteiger partial charge is 0.354 e. The lowest BCUT2D eigenvalue weighted by Crippen LogP contribution is -2.32. The van der Waals surface area contributed by atoms with E-state index in [0.29, 0.717) is 0 Å². The van der Waals surface area contributed by atoms with Gasteiger partial charge < -0.3 is 9.88 Å². The Bertz CT molecular complexity index is 333. The fraction of sp³-hybridized carbons (Fsp3) is 0.667. The maximum absolute atomic E-state index is 11.8. The SMILES string of the molecule is CCCCNC(=O)C(C)n1ccnc1CC. The second-order valence-corrected chi connectivity index (χ2v) is 3.92. The molecular weight excluding hydrogens is 202 g/mol. The molecule has 0 bridgehead atoms. The summed E-state index contributed by atoms with van der Waals surface area (Å²) in [6, 6.07) is -0.172. The van der Waals surface area contributed by atoms with Gasteiger partial charge in [-0.25, -0.2) is 4.98 Å². The molecule has 0 fully saturated rings. The minimum atomic E-state index is -0.172. The Balaban J connectivity index is 2.56. The van der Waals surface area contributed by atoms with Crippen LogP contribution in [-0.4, -0.2) is 22.0 Å². The van der Waals surface area contributed by atoms with Crippen LogP contribution in [-0.2, 0) is 11.2 Å². The Morgan fingerprint density at radius 3 is 2.94 bits per heavy atom. The molecular formula is C12H21N3O. The number of nitrogens with one attached hydrogen (secondary N) is 1. The summed E-state index contributed by atoms with van der Waals surface area (Å²) in [4.78, 5) is 16.0.